The second kappa shape index (κ2) is 10.2. The lowest BCUT2D eigenvalue weighted by molar-refractivity contribution is 0.0686. The Morgan fingerprint density at radius 3 is 0.972 bits per heavy atom. The third-order valence-electron chi connectivity index (χ3n) is 4.77. The number of carboxylic acids is 3. The van der Waals surface area contributed by atoms with Crippen LogP contribution in [0.15, 0.2) is 72.8 Å². The number of hydrogen-bond acceptors (Lipinski definition) is 12. The number of carbonyl (C=O) groups is 3. The number of hydrogen-bond donors (Lipinski definition) is 6. The van der Waals surface area contributed by atoms with Gasteiger partial charge in [-0.25, -0.2) is 14.4 Å². The lowest BCUT2D eigenvalue weighted by atomic mass is 10.2. The highest BCUT2D eigenvalue weighted by Crippen LogP contribution is 2.22. The molecule has 3 aromatic carbocycles. The van der Waals surface area contributed by atoms with Crippen LogP contribution < -0.4 is 16.0 Å². The standard InChI is InChI=1S/C24H18N6O6/c31-19(32)13-1-7-16(8-2-13)25-22-28-23(26-17-9-3-14(4-10-17)20(33)34)30-24(29-22)27-18-11-5-15(6-12-18)21(35)36/h1-12H,(H,31,32)(H,33,34)(H,35,36)(H3,25,26,27,28,29,30)/i/hT3. The van der Waals surface area contributed by atoms with Crippen molar-refractivity contribution in [2.45, 2.75) is 0 Å². The van der Waals surface area contributed by atoms with E-state index in [2.05, 4.69) is 46.2 Å². The second-order valence-electron chi connectivity index (χ2n) is 7.28. The molecule has 4 aromatic rings. The van der Waals surface area contributed by atoms with Gasteiger partial charge in [-0.1, -0.05) is 0 Å². The zero-order valence-corrected chi connectivity index (χ0v) is 18.2. The molecule has 12 nitrogen and oxygen atoms in total. The minimum Gasteiger partial charge on any atom is -0.478 e. The van der Waals surface area contributed by atoms with Crippen LogP contribution in [0.5, 0.6) is 0 Å². The fourth-order valence-corrected chi connectivity index (χ4v) is 3.00. The van der Waals surface area contributed by atoms with Gasteiger partial charge in [0.1, 0.15) is 0 Å². The first kappa shape index (κ1) is 19.9. The Balaban J connectivity index is 1.61. The van der Waals surface area contributed by atoms with Crippen molar-refractivity contribution in [3.63, 3.8) is 0 Å². The number of nitrogens with one attached hydrogen (secondary N) is 3. The van der Waals surface area contributed by atoms with Gasteiger partial charge in [0.25, 0.3) is 4.29 Å². The van der Waals surface area contributed by atoms with Crippen LogP contribution in [0.1, 0.15) is 31.1 Å². The highest BCUT2D eigenvalue weighted by atomic mass is 16.4. The normalized spacial score (nSPS) is 11.2. The third-order valence-corrected chi connectivity index (χ3v) is 4.77. The van der Waals surface area contributed by atoms with Crippen LogP contribution >= 0.6 is 0 Å². The summed E-state index contributed by atoms with van der Waals surface area (Å²) < 4.78 is 20.2. The van der Waals surface area contributed by atoms with Crippen molar-refractivity contribution in [1.82, 2.24) is 15.0 Å². The van der Waals surface area contributed by atoms with Crippen molar-refractivity contribution in [2.24, 2.45) is 0 Å². The molecule has 0 spiro atoms. The van der Waals surface area contributed by atoms with Crippen LogP contribution in [0.25, 0.3) is 4.29 Å². The highest BCUT2D eigenvalue weighted by Gasteiger charge is 2.11. The summed E-state index contributed by atoms with van der Waals surface area (Å²) in [6, 6.07) is 18.2. The van der Waals surface area contributed by atoms with E-state index in [0.717, 1.165) is 0 Å². The second-order valence-corrected chi connectivity index (χ2v) is 7.28. The Bertz CT molecular complexity index is 1300. The van der Waals surface area contributed by atoms with E-state index in [0.29, 0.717) is 17.1 Å². The van der Waals surface area contributed by atoms with Crippen LogP contribution in [-0.2, 0) is 0 Å². The molecule has 1 heterocycles. The van der Waals surface area contributed by atoms with Crippen LogP contribution in [-0.4, -0.2) is 48.2 Å². The summed E-state index contributed by atoms with van der Waals surface area (Å²) in [5.41, 5.74) is 2.13. The van der Waals surface area contributed by atoms with E-state index in [1.807, 2.05) is 0 Å². The van der Waals surface area contributed by atoms with Crippen LogP contribution in [0.2, 0.25) is 0 Å². The minimum atomic E-state index is -0.802. The monoisotopic (exact) mass is 492 g/mol. The minimum absolute atomic E-state index is 0.120. The topological polar surface area (TPSA) is 187 Å². The van der Waals surface area contributed by atoms with Crippen molar-refractivity contribution in [3.8, 4) is 0 Å². The first-order valence-corrected chi connectivity index (χ1v) is 10.3. The summed E-state index contributed by atoms with van der Waals surface area (Å²) in [4.78, 5) is 47.6. The number of rotatable bonds is 9. The molecule has 0 saturated heterocycles. The lowest BCUT2D eigenvalue weighted by Crippen LogP contribution is -2.08. The average Bonchev–Trinajstić information content (AvgIpc) is 2.97. The van der Waals surface area contributed by atoms with Crippen molar-refractivity contribution in [2.75, 3.05) is 16.0 Å². The number of benzene rings is 3. The summed E-state index contributed by atoms with van der Waals surface area (Å²) in [6.07, 6.45) is 0. The Hall–Kier alpha value is -5.52. The summed E-state index contributed by atoms with van der Waals surface area (Å²) in [6.45, 7) is 0. The zero-order valence-electron chi connectivity index (χ0n) is 21.2. The van der Waals surface area contributed by atoms with Gasteiger partial charge in [0.05, 0.1) is 16.7 Å². The van der Waals surface area contributed by atoms with E-state index >= 15 is 0 Å². The smallest absolute Gasteiger partial charge is 0.335 e. The fraction of sp³-hybridized carbons (Fsp3) is 0. The van der Waals surface area contributed by atoms with Crippen molar-refractivity contribution >= 4 is 52.8 Å². The van der Waals surface area contributed by atoms with E-state index < -0.39 is 17.9 Å². The zero-order chi connectivity index (χ0) is 27.8. The van der Waals surface area contributed by atoms with Crippen molar-refractivity contribution in [3.05, 3.63) is 89.5 Å². The number of carboxylic acid groups (broad SMARTS) is 3. The molecule has 0 atom stereocenters. The number of aromatic carboxylic acids is 3. The van der Waals surface area contributed by atoms with E-state index in [1.54, 1.807) is 36.4 Å². The molecule has 0 amide bonds. The van der Waals surface area contributed by atoms with Crippen molar-refractivity contribution in [1.29, 1.82) is 4.29 Å². The summed E-state index contributed by atoms with van der Waals surface area (Å²) in [5, 5.41) is 20.9. The maximum absolute atomic E-state index is 11.5. The Morgan fingerprint density at radius 1 is 0.500 bits per heavy atom. The first-order chi connectivity index (χ1) is 18.9. The first-order valence-electron chi connectivity index (χ1n) is 11.5. The third kappa shape index (κ3) is 5.88. The van der Waals surface area contributed by atoms with Crippen LogP contribution in [0, 0.1) is 0 Å². The Labute approximate surface area is 207 Å². The molecule has 0 radical (unpaired) electrons. The molecule has 180 valence electrons. The van der Waals surface area contributed by atoms with Crippen molar-refractivity contribution < 1.29 is 29.7 Å². The molecule has 0 saturated carbocycles. The summed E-state index contributed by atoms with van der Waals surface area (Å²) in [7, 11) is 0. The van der Waals surface area contributed by atoms with Gasteiger partial charge in [-0.15, -0.1) is 0 Å². The number of aromatic nitrogens is 3. The van der Waals surface area contributed by atoms with E-state index in [-0.39, 0.29) is 34.5 Å². The van der Waals surface area contributed by atoms with Gasteiger partial charge in [-0.3, -0.25) is 0 Å². The molecule has 0 aliphatic heterocycles. The maximum Gasteiger partial charge on any atom is 0.335 e. The molecule has 6 N–H and O–H groups in total. The van der Waals surface area contributed by atoms with Gasteiger partial charge in [-0.05, 0) is 72.8 Å². The molecule has 0 unspecified atom stereocenters. The number of anilines is 6. The number of nitrogens with zero attached hydrogens (tertiary/aromatic N) is 3. The predicted octanol–water partition coefficient (Wildman–Crippen LogP) is 4.20. The largest absolute Gasteiger partial charge is 0.478 e. The van der Waals surface area contributed by atoms with E-state index in [1.165, 1.54) is 36.4 Å². The summed E-state index contributed by atoms with van der Waals surface area (Å²) in [5.74, 6) is -2.05. The van der Waals surface area contributed by atoms with Crippen LogP contribution in [0.3, 0.4) is 0 Å². The van der Waals surface area contributed by atoms with Crippen LogP contribution in [0.4, 0.5) is 34.9 Å². The maximum atomic E-state index is 11.5. The van der Waals surface area contributed by atoms with Gasteiger partial charge in [0.15, 0.2) is 0 Å². The molecule has 12 heteroatoms. The molecule has 0 fully saturated rings. The van der Waals surface area contributed by atoms with E-state index in [4.69, 9.17) is 4.29 Å². The molecule has 1 aromatic heterocycles. The average molecular weight is 492 g/mol. The Morgan fingerprint density at radius 2 is 0.750 bits per heavy atom. The molecule has 36 heavy (non-hydrogen) atoms. The van der Waals surface area contributed by atoms with Gasteiger partial charge in [0.2, 0.25) is 17.8 Å². The molecule has 0 bridgehead atoms. The van der Waals surface area contributed by atoms with Gasteiger partial charge >= 0.3 is 17.9 Å². The fourth-order valence-electron chi connectivity index (χ4n) is 3.00. The molecular weight excluding hydrogens is 468 g/mol. The van der Waals surface area contributed by atoms with E-state index in [9.17, 15) is 14.4 Å². The lowest BCUT2D eigenvalue weighted by Gasteiger charge is -2.12. The quantitative estimate of drug-likeness (QED) is 0.196. The molecular formula is C24H18N6O6. The van der Waals surface area contributed by atoms with Gasteiger partial charge < -0.3 is 31.3 Å². The predicted molar refractivity (Wildman–Crippen MR) is 130 cm³/mol. The SMILES string of the molecule is [3H]OC(=O)c1ccc(Nc2nc(Nc3ccc(C(=O)O[3H])cc3)nc(Nc3ccc(C(=O)O[3H])cc3)n2)cc1. The molecule has 0 aliphatic rings. The molecule has 0 aliphatic carbocycles. The Kier molecular flexibility index (Phi) is 5.63. The highest BCUT2D eigenvalue weighted by molar-refractivity contribution is 5.89. The van der Waals surface area contributed by atoms with Gasteiger partial charge in [0, 0.05) is 17.1 Å². The van der Waals surface area contributed by atoms with Gasteiger partial charge in [-0.2, -0.15) is 15.0 Å². The molecule has 4 rings (SSSR count). The summed E-state index contributed by atoms with van der Waals surface area (Å²) >= 11 is 0.